The van der Waals surface area contributed by atoms with E-state index in [1.807, 2.05) is 13.8 Å². The number of carbonyl (C=O) groups excluding carboxylic acids is 2. The van der Waals surface area contributed by atoms with Crippen molar-refractivity contribution in [3.63, 3.8) is 0 Å². The van der Waals surface area contributed by atoms with Crippen molar-refractivity contribution < 1.29 is 19.1 Å². The molecule has 0 heterocycles. The lowest BCUT2D eigenvalue weighted by molar-refractivity contribution is -0.150. The fourth-order valence-electron chi connectivity index (χ4n) is 2.63. The van der Waals surface area contributed by atoms with E-state index in [0.717, 1.165) is 12.8 Å². The summed E-state index contributed by atoms with van der Waals surface area (Å²) in [6.07, 6.45) is 9.10. The molecule has 136 valence electrons. The third-order valence-electron chi connectivity index (χ3n) is 4.00. The highest BCUT2D eigenvalue weighted by Crippen LogP contribution is 2.13. The van der Waals surface area contributed by atoms with Crippen molar-refractivity contribution in [2.45, 2.75) is 78.2 Å². The second kappa shape index (κ2) is 13.2. The summed E-state index contributed by atoms with van der Waals surface area (Å²) >= 11 is 0. The number of esters is 1. The molecule has 0 aliphatic rings. The number of methoxy groups -OCH3 is 1. The van der Waals surface area contributed by atoms with Crippen molar-refractivity contribution in [3.05, 3.63) is 0 Å². The van der Waals surface area contributed by atoms with Crippen LogP contribution in [0.3, 0.4) is 0 Å². The van der Waals surface area contributed by atoms with Crippen LogP contribution in [0.1, 0.15) is 72.1 Å². The lowest BCUT2D eigenvalue weighted by Gasteiger charge is -2.28. The highest BCUT2D eigenvalue weighted by Gasteiger charge is 2.31. The van der Waals surface area contributed by atoms with Crippen molar-refractivity contribution in [3.8, 4) is 0 Å². The number of unbranched alkanes of at least 4 members (excludes halogenated alkanes) is 7. The normalized spacial score (nSPS) is 12.1. The summed E-state index contributed by atoms with van der Waals surface area (Å²) < 4.78 is 10.0. The van der Waals surface area contributed by atoms with E-state index in [4.69, 9.17) is 4.74 Å². The molecule has 0 spiro atoms. The van der Waals surface area contributed by atoms with E-state index >= 15 is 0 Å². The van der Waals surface area contributed by atoms with Gasteiger partial charge in [-0.05, 0) is 12.3 Å². The van der Waals surface area contributed by atoms with Crippen LogP contribution in [0.15, 0.2) is 0 Å². The standard InChI is InChI=1S/C18H35NO4/c1-6-7-8-9-10-11-12-13-14-23-17(20)16(15(2)3)19(4)18(21)22-5/h15-16H,6-14H2,1-5H3. The molecule has 0 aromatic rings. The van der Waals surface area contributed by atoms with E-state index in [0.29, 0.717) is 6.61 Å². The van der Waals surface area contributed by atoms with Gasteiger partial charge < -0.3 is 9.47 Å². The molecule has 0 N–H and O–H groups in total. The van der Waals surface area contributed by atoms with Gasteiger partial charge >= 0.3 is 12.1 Å². The van der Waals surface area contributed by atoms with Crippen LogP contribution in [-0.4, -0.2) is 43.8 Å². The van der Waals surface area contributed by atoms with E-state index in [9.17, 15) is 9.59 Å². The molecule has 0 radical (unpaired) electrons. The first-order valence-corrected chi connectivity index (χ1v) is 8.93. The Labute approximate surface area is 141 Å². The lowest BCUT2D eigenvalue weighted by atomic mass is 10.0. The predicted octanol–water partition coefficient (Wildman–Crippen LogP) is 4.39. The Morgan fingerprint density at radius 1 is 0.957 bits per heavy atom. The van der Waals surface area contributed by atoms with Crippen LogP contribution in [0.5, 0.6) is 0 Å². The number of likely N-dealkylation sites (N-methyl/N-ethyl adjacent to an activating group) is 1. The average Bonchev–Trinajstić information content (AvgIpc) is 2.52. The molecule has 0 aliphatic heterocycles. The molecule has 23 heavy (non-hydrogen) atoms. The summed E-state index contributed by atoms with van der Waals surface area (Å²) in [5, 5.41) is 0. The lowest BCUT2D eigenvalue weighted by Crippen LogP contribution is -2.46. The monoisotopic (exact) mass is 329 g/mol. The molecule has 5 heteroatoms. The summed E-state index contributed by atoms with van der Waals surface area (Å²) in [4.78, 5) is 25.1. The maximum atomic E-state index is 12.2. The van der Waals surface area contributed by atoms with E-state index in [-0.39, 0.29) is 11.9 Å². The fraction of sp³-hybridized carbons (Fsp3) is 0.889. The number of hydrogen-bond acceptors (Lipinski definition) is 4. The number of hydrogen-bond donors (Lipinski definition) is 0. The first kappa shape index (κ1) is 21.7. The van der Waals surface area contributed by atoms with Gasteiger partial charge in [0, 0.05) is 7.05 Å². The second-order valence-corrected chi connectivity index (χ2v) is 6.41. The van der Waals surface area contributed by atoms with Gasteiger partial charge in [0.15, 0.2) is 0 Å². The Morgan fingerprint density at radius 3 is 1.96 bits per heavy atom. The van der Waals surface area contributed by atoms with E-state index in [1.165, 1.54) is 50.5 Å². The highest BCUT2D eigenvalue weighted by molar-refractivity contribution is 5.81. The number of amides is 1. The SMILES string of the molecule is CCCCCCCCCCOC(=O)C(C(C)C)N(C)C(=O)OC. The number of carbonyl (C=O) groups is 2. The third kappa shape index (κ3) is 9.47. The van der Waals surface area contributed by atoms with Gasteiger partial charge in [0.2, 0.25) is 0 Å². The van der Waals surface area contributed by atoms with Crippen molar-refractivity contribution in [2.24, 2.45) is 5.92 Å². The summed E-state index contributed by atoms with van der Waals surface area (Å²) in [5.41, 5.74) is 0. The zero-order chi connectivity index (χ0) is 17.7. The van der Waals surface area contributed by atoms with E-state index < -0.39 is 12.1 Å². The molecule has 0 fully saturated rings. The van der Waals surface area contributed by atoms with Crippen LogP contribution in [0.25, 0.3) is 0 Å². The van der Waals surface area contributed by atoms with E-state index in [1.54, 1.807) is 7.05 Å². The van der Waals surface area contributed by atoms with Crippen LogP contribution in [0.2, 0.25) is 0 Å². The van der Waals surface area contributed by atoms with Gasteiger partial charge in [0.25, 0.3) is 0 Å². The molecule has 5 nitrogen and oxygen atoms in total. The topological polar surface area (TPSA) is 55.8 Å². The molecule has 1 atom stereocenters. The molecule has 0 saturated carbocycles. The molecular weight excluding hydrogens is 294 g/mol. The number of rotatable bonds is 12. The molecule has 0 aromatic heterocycles. The Bertz CT molecular complexity index is 331. The second-order valence-electron chi connectivity index (χ2n) is 6.41. The van der Waals surface area contributed by atoms with Crippen molar-refractivity contribution >= 4 is 12.1 Å². The third-order valence-corrected chi connectivity index (χ3v) is 4.00. The first-order valence-electron chi connectivity index (χ1n) is 8.93. The van der Waals surface area contributed by atoms with Crippen molar-refractivity contribution in [1.29, 1.82) is 0 Å². The summed E-state index contributed by atoms with van der Waals surface area (Å²) in [7, 11) is 2.87. The average molecular weight is 329 g/mol. The van der Waals surface area contributed by atoms with Gasteiger partial charge in [-0.25, -0.2) is 9.59 Å². The van der Waals surface area contributed by atoms with Crippen LogP contribution >= 0.6 is 0 Å². The molecule has 0 aliphatic carbocycles. The molecule has 0 rings (SSSR count). The minimum Gasteiger partial charge on any atom is -0.464 e. The van der Waals surface area contributed by atoms with Crippen LogP contribution in [0, 0.1) is 5.92 Å². The summed E-state index contributed by atoms with van der Waals surface area (Å²) in [6.45, 7) is 6.42. The molecule has 0 bridgehead atoms. The van der Waals surface area contributed by atoms with Gasteiger partial charge in [-0.3, -0.25) is 4.90 Å². The van der Waals surface area contributed by atoms with Crippen molar-refractivity contribution in [1.82, 2.24) is 4.90 Å². The maximum Gasteiger partial charge on any atom is 0.409 e. The Balaban J connectivity index is 3.95. The quantitative estimate of drug-likeness (QED) is 0.393. The Kier molecular flexibility index (Phi) is 12.5. The highest BCUT2D eigenvalue weighted by atomic mass is 16.6. The molecule has 0 aromatic carbocycles. The Hall–Kier alpha value is -1.26. The molecule has 0 saturated heterocycles. The molecular formula is C18H35NO4. The molecule has 1 amide bonds. The largest absolute Gasteiger partial charge is 0.464 e. The Morgan fingerprint density at radius 2 is 1.48 bits per heavy atom. The van der Waals surface area contributed by atoms with Crippen molar-refractivity contribution in [2.75, 3.05) is 20.8 Å². The zero-order valence-electron chi connectivity index (χ0n) is 15.6. The summed E-state index contributed by atoms with van der Waals surface area (Å²) in [5.74, 6) is -0.374. The fourth-order valence-corrected chi connectivity index (χ4v) is 2.63. The number of ether oxygens (including phenoxy) is 2. The van der Waals surface area contributed by atoms with Gasteiger partial charge in [-0.1, -0.05) is 65.7 Å². The molecule has 1 unspecified atom stereocenters. The van der Waals surface area contributed by atoms with Crippen LogP contribution in [-0.2, 0) is 14.3 Å². The van der Waals surface area contributed by atoms with E-state index in [2.05, 4.69) is 11.7 Å². The van der Waals surface area contributed by atoms with Crippen LogP contribution < -0.4 is 0 Å². The van der Waals surface area contributed by atoms with Gasteiger partial charge in [0.05, 0.1) is 13.7 Å². The smallest absolute Gasteiger partial charge is 0.409 e. The van der Waals surface area contributed by atoms with Crippen LogP contribution in [0.4, 0.5) is 4.79 Å². The minimum absolute atomic E-state index is 0.0230. The minimum atomic E-state index is -0.600. The predicted molar refractivity (Wildman–Crippen MR) is 92.4 cm³/mol. The van der Waals surface area contributed by atoms with Gasteiger partial charge in [-0.15, -0.1) is 0 Å². The number of nitrogens with zero attached hydrogens (tertiary/aromatic N) is 1. The maximum absolute atomic E-state index is 12.2. The zero-order valence-corrected chi connectivity index (χ0v) is 15.6. The van der Waals surface area contributed by atoms with Gasteiger partial charge in [0.1, 0.15) is 6.04 Å². The summed E-state index contributed by atoms with van der Waals surface area (Å²) in [6, 6.07) is -0.600. The van der Waals surface area contributed by atoms with Gasteiger partial charge in [-0.2, -0.15) is 0 Å². The first-order chi connectivity index (χ1) is 11.0.